The predicted octanol–water partition coefficient (Wildman–Crippen LogP) is -3.02. The Balaban J connectivity index is 1.16. The minimum atomic E-state index is -5.37. The smallest absolute Gasteiger partial charge is 0.387 e. The van der Waals surface area contributed by atoms with Gasteiger partial charge in [-0.3, -0.25) is 18.4 Å². The van der Waals surface area contributed by atoms with Crippen LogP contribution >= 0.6 is 15.6 Å². The van der Waals surface area contributed by atoms with Gasteiger partial charge in [0, 0.05) is 6.07 Å². The van der Waals surface area contributed by atoms with Gasteiger partial charge in [-0.2, -0.15) is 8.88 Å². The van der Waals surface area contributed by atoms with Crippen molar-refractivity contribution < 1.29 is 71.5 Å². The number of anilines is 1. The molecule has 10 N–H and O–H groups in total. The Bertz CT molecular complexity index is 1630. The normalized spacial score (nSPS) is 31.6. The highest BCUT2D eigenvalue weighted by Gasteiger charge is 2.50. The summed E-state index contributed by atoms with van der Waals surface area (Å²) in [6.45, 7) is -1.80. The molecule has 0 bridgehead atoms. The Morgan fingerprint density at radius 2 is 1.61 bits per heavy atom. The number of phosphoric ester groups is 2. The van der Waals surface area contributed by atoms with Crippen molar-refractivity contribution in [1.82, 2.24) is 19.5 Å². The Labute approximate surface area is 246 Å². The largest absolute Gasteiger partial charge is 0.481 e. The van der Waals surface area contributed by atoms with E-state index in [9.17, 15) is 44.1 Å². The minimum Gasteiger partial charge on any atom is -0.387 e. The van der Waals surface area contributed by atoms with Gasteiger partial charge in [0.25, 0.3) is 12.1 Å². The highest BCUT2D eigenvalue weighted by atomic mass is 31.3. The van der Waals surface area contributed by atoms with Crippen molar-refractivity contribution >= 4 is 38.5 Å². The Kier molecular flexibility index (Phi) is 9.13. The first-order valence-corrected chi connectivity index (χ1v) is 15.6. The number of nitrogen functional groups attached to an aromatic ring is 1. The number of hydrogen-bond donors (Lipinski definition) is 8. The van der Waals surface area contributed by atoms with Gasteiger partial charge in [0.1, 0.15) is 47.9 Å². The van der Waals surface area contributed by atoms with Gasteiger partial charge in [0.05, 0.1) is 19.5 Å². The molecule has 4 unspecified atom stereocenters. The summed E-state index contributed by atoms with van der Waals surface area (Å²) in [5.41, 5.74) is 11.4. The Morgan fingerprint density at radius 1 is 0.977 bits per heavy atom. The lowest BCUT2D eigenvalue weighted by molar-refractivity contribution is -0.765. The van der Waals surface area contributed by atoms with Crippen LogP contribution in [-0.4, -0.2) is 105 Å². The summed E-state index contributed by atoms with van der Waals surface area (Å²) >= 11 is 0. The molecule has 2 saturated heterocycles. The molecule has 44 heavy (non-hydrogen) atoms. The number of aliphatic hydroxyl groups is 4. The molecule has 10 atom stereocenters. The number of ether oxygens (including phenoxy) is 2. The van der Waals surface area contributed by atoms with Gasteiger partial charge in [-0.05, 0) is 6.07 Å². The summed E-state index contributed by atoms with van der Waals surface area (Å²) in [6, 6.07) is 2.83. The zero-order valence-corrected chi connectivity index (χ0v) is 24.0. The Hall–Kier alpha value is -3.01. The van der Waals surface area contributed by atoms with Crippen LogP contribution in [0.2, 0.25) is 0 Å². The van der Waals surface area contributed by atoms with Crippen molar-refractivity contribution in [3.8, 4) is 0 Å². The molecular weight excluding hydrogens is 636 g/mol. The van der Waals surface area contributed by atoms with E-state index < -0.39 is 83.8 Å². The van der Waals surface area contributed by atoms with E-state index in [2.05, 4.69) is 23.8 Å². The van der Waals surface area contributed by atoms with E-state index in [0.29, 0.717) is 0 Å². The molecule has 2 fully saturated rings. The quantitative estimate of drug-likeness (QED) is 0.0747. The third kappa shape index (κ3) is 6.65. The van der Waals surface area contributed by atoms with Gasteiger partial charge < -0.3 is 51.2 Å². The fraction of sp³-hybridized carbons (Fsp3) is 0.476. The summed E-state index contributed by atoms with van der Waals surface area (Å²) < 4.78 is 52.0. The summed E-state index contributed by atoms with van der Waals surface area (Å²) in [7, 11) is -10.7. The number of hydrogen-bond acceptors (Lipinski definition) is 16. The Morgan fingerprint density at radius 3 is 2.27 bits per heavy atom. The first-order chi connectivity index (χ1) is 20.7. The van der Waals surface area contributed by atoms with E-state index in [1.165, 1.54) is 40.0 Å². The molecule has 0 aliphatic carbocycles. The number of carbonyl (C=O) groups is 1. The van der Waals surface area contributed by atoms with Crippen LogP contribution in [0.4, 0.5) is 5.82 Å². The number of aliphatic hydroxyl groups excluding tert-OH is 4. The molecule has 0 radical (unpaired) electrons. The van der Waals surface area contributed by atoms with Gasteiger partial charge in [0.15, 0.2) is 36.2 Å². The van der Waals surface area contributed by atoms with E-state index in [4.69, 9.17) is 25.5 Å². The van der Waals surface area contributed by atoms with E-state index in [0.717, 1.165) is 6.33 Å². The van der Waals surface area contributed by atoms with Gasteiger partial charge in [0.2, 0.25) is 0 Å². The van der Waals surface area contributed by atoms with Crippen LogP contribution in [-0.2, 0) is 32.0 Å². The van der Waals surface area contributed by atoms with Gasteiger partial charge >= 0.3 is 15.6 Å². The number of nitrogens with zero attached hydrogens (tertiary/aromatic N) is 5. The summed E-state index contributed by atoms with van der Waals surface area (Å²) in [4.78, 5) is 43.3. The highest BCUT2D eigenvalue weighted by molar-refractivity contribution is 7.61. The molecular formula is C21H28N7O14P2+. The highest BCUT2D eigenvalue weighted by Crippen LogP contribution is 2.60. The topological polar surface area (TPSA) is 318 Å². The lowest BCUT2D eigenvalue weighted by Crippen LogP contribution is -2.46. The lowest BCUT2D eigenvalue weighted by Gasteiger charge is -2.20. The van der Waals surface area contributed by atoms with Gasteiger partial charge in [-0.15, -0.1) is 0 Å². The SMILES string of the molecule is NC(=O)c1ccc[n+]([C@@H]2O[C@H](COP(=O)(O)OP(=O)(O)OC[C@H]3O[C@@H](n4cnc5c(N)ncnc54)C(O)[C@H]3O)C(O)[C@@H]2O)c1. The molecule has 23 heteroatoms. The molecule has 21 nitrogen and oxygen atoms in total. The van der Waals surface area contributed by atoms with Gasteiger partial charge in [-0.1, -0.05) is 0 Å². The second kappa shape index (κ2) is 12.4. The number of phosphoric acid groups is 2. The molecule has 2 aliphatic heterocycles. The third-order valence-corrected chi connectivity index (χ3v) is 9.35. The summed E-state index contributed by atoms with van der Waals surface area (Å²) in [5.74, 6) is -0.714. The lowest BCUT2D eigenvalue weighted by atomic mass is 10.1. The maximum atomic E-state index is 12.4. The van der Waals surface area contributed by atoms with Crippen molar-refractivity contribution in [1.29, 1.82) is 0 Å². The van der Waals surface area contributed by atoms with Crippen molar-refractivity contribution in [2.45, 2.75) is 49.1 Å². The standard InChI is InChI=1S/C21H27N7O14P2/c22-17-12-19(25-7-24-17)28(8-26-12)21-16(32)14(30)11(41-21)6-39-44(36,37)42-43(34,35)38-5-10-13(29)15(31)20(40-10)27-3-1-2-9(4-27)18(23)33/h1-4,7-8,10-11,13-16,20-21,29-32H,5-6H2,(H5-,22,23,24,25,33,34,35,36,37)/p+1/t10-,11-,13?,14+,15+,16?,20-,21-/m1/s1. The molecule has 5 heterocycles. The van der Waals surface area contributed by atoms with Crippen LogP contribution < -0.4 is 16.0 Å². The predicted molar refractivity (Wildman–Crippen MR) is 139 cm³/mol. The summed E-state index contributed by atoms with van der Waals surface area (Å²) in [5, 5.41) is 41.6. The molecule has 5 rings (SSSR count). The average molecular weight is 664 g/mol. The molecule has 2 aliphatic rings. The number of rotatable bonds is 11. The van der Waals surface area contributed by atoms with Crippen LogP contribution in [0, 0.1) is 0 Å². The van der Waals surface area contributed by atoms with Crippen molar-refractivity contribution in [3.05, 3.63) is 42.7 Å². The van der Waals surface area contributed by atoms with Crippen LogP contribution in [0.1, 0.15) is 22.8 Å². The van der Waals surface area contributed by atoms with Crippen LogP contribution in [0.25, 0.3) is 11.2 Å². The maximum Gasteiger partial charge on any atom is 0.481 e. The van der Waals surface area contributed by atoms with Crippen LogP contribution in [0.15, 0.2) is 37.2 Å². The number of aromatic nitrogens is 5. The number of nitrogens with two attached hydrogens (primary N) is 2. The minimum absolute atomic E-state index is 0.0505. The number of fused-ring (bicyclic) bond motifs is 1. The van der Waals surface area contributed by atoms with Crippen molar-refractivity contribution in [3.63, 3.8) is 0 Å². The third-order valence-electron chi connectivity index (χ3n) is 6.75. The number of pyridine rings is 1. The van der Waals surface area contributed by atoms with E-state index in [1.54, 1.807) is 0 Å². The van der Waals surface area contributed by atoms with E-state index in [-0.39, 0.29) is 22.5 Å². The second-order valence-corrected chi connectivity index (χ2v) is 12.7. The molecule has 3 aromatic rings. The van der Waals surface area contributed by atoms with Crippen molar-refractivity contribution in [2.75, 3.05) is 18.9 Å². The maximum absolute atomic E-state index is 12.4. The number of amides is 1. The molecule has 1 amide bonds. The van der Waals surface area contributed by atoms with Crippen LogP contribution in [0.5, 0.6) is 0 Å². The first kappa shape index (κ1) is 32.4. The van der Waals surface area contributed by atoms with Gasteiger partial charge in [-0.25, -0.2) is 24.1 Å². The molecule has 3 aromatic heterocycles. The zero-order valence-electron chi connectivity index (χ0n) is 22.2. The van der Waals surface area contributed by atoms with E-state index >= 15 is 0 Å². The van der Waals surface area contributed by atoms with Crippen LogP contribution in [0.3, 0.4) is 0 Å². The number of carbonyl (C=O) groups excluding carboxylic acids is 1. The summed E-state index contributed by atoms with van der Waals surface area (Å²) in [6.07, 6.45) is -6.85. The molecule has 0 saturated carbocycles. The number of primary amides is 1. The first-order valence-electron chi connectivity index (χ1n) is 12.6. The molecule has 240 valence electrons. The zero-order chi connectivity index (χ0) is 32.0. The fourth-order valence-corrected chi connectivity index (χ4v) is 6.67. The molecule has 0 aromatic carbocycles. The number of imidazole rings is 1. The second-order valence-electron chi connectivity index (χ2n) is 9.69. The van der Waals surface area contributed by atoms with E-state index in [1.807, 2.05) is 0 Å². The van der Waals surface area contributed by atoms with Crippen molar-refractivity contribution in [2.24, 2.45) is 5.73 Å². The average Bonchev–Trinajstić information content (AvgIpc) is 3.61. The fourth-order valence-electron chi connectivity index (χ4n) is 4.58. The molecule has 0 spiro atoms. The monoisotopic (exact) mass is 664 g/mol.